The molecule has 0 bridgehead atoms. The third kappa shape index (κ3) is 2.73. The summed E-state index contributed by atoms with van der Waals surface area (Å²) < 4.78 is 1.79. The number of amides is 2. The Morgan fingerprint density at radius 3 is 2.83 bits per heavy atom. The Morgan fingerprint density at radius 1 is 1.20 bits per heavy atom. The summed E-state index contributed by atoms with van der Waals surface area (Å²) in [6, 6.07) is 13.2. The monoisotopic (exact) mass is 401 g/mol. The summed E-state index contributed by atoms with van der Waals surface area (Å²) in [7, 11) is 1.88. The Bertz CT molecular complexity index is 1110. The zero-order valence-corrected chi connectivity index (χ0v) is 16.8. The van der Waals surface area contributed by atoms with E-state index in [9.17, 15) is 9.59 Å². The van der Waals surface area contributed by atoms with E-state index in [0.29, 0.717) is 25.8 Å². The molecule has 0 saturated carbocycles. The topological polar surface area (TPSA) is 80.1 Å². The van der Waals surface area contributed by atoms with E-state index in [2.05, 4.69) is 15.4 Å². The second kappa shape index (κ2) is 7.09. The molecule has 30 heavy (non-hydrogen) atoms. The van der Waals surface area contributed by atoms with Crippen molar-refractivity contribution in [1.29, 1.82) is 0 Å². The van der Waals surface area contributed by atoms with Gasteiger partial charge in [0.05, 0.1) is 6.04 Å². The van der Waals surface area contributed by atoms with Crippen molar-refractivity contribution < 1.29 is 9.59 Å². The minimum atomic E-state index is -0.790. The summed E-state index contributed by atoms with van der Waals surface area (Å²) in [5, 5.41) is 7.22. The van der Waals surface area contributed by atoms with Gasteiger partial charge in [-0.15, -0.1) is 0 Å². The van der Waals surface area contributed by atoms with Gasteiger partial charge >= 0.3 is 0 Å². The van der Waals surface area contributed by atoms with Gasteiger partial charge in [0.15, 0.2) is 0 Å². The summed E-state index contributed by atoms with van der Waals surface area (Å²) >= 11 is 0. The van der Waals surface area contributed by atoms with Crippen LogP contribution < -0.4 is 5.32 Å². The van der Waals surface area contributed by atoms with Gasteiger partial charge in [0, 0.05) is 50.0 Å². The van der Waals surface area contributed by atoms with Crippen LogP contribution in [0, 0.1) is 0 Å². The highest BCUT2D eigenvalue weighted by Crippen LogP contribution is 2.54. The van der Waals surface area contributed by atoms with Crippen molar-refractivity contribution in [2.24, 2.45) is 7.05 Å². The summed E-state index contributed by atoms with van der Waals surface area (Å²) in [5.74, 6) is -0.00130. The standard InChI is InChI=1S/C23H23N5O2/c1-27-17(10-13-25-27)8-9-20(29)28-14-11-23(21(28)16-5-4-12-24-15-16)18-6-2-3-7-19(18)26-22(23)30/h2-7,10,12-13,15,21H,8-9,11,14H2,1H3,(H,26,30). The number of nitrogens with one attached hydrogen (secondary N) is 1. The van der Waals surface area contributed by atoms with Gasteiger partial charge < -0.3 is 10.2 Å². The van der Waals surface area contributed by atoms with Crippen LogP contribution in [0.5, 0.6) is 0 Å². The molecule has 2 aromatic heterocycles. The maximum absolute atomic E-state index is 13.3. The van der Waals surface area contributed by atoms with Crippen LogP contribution >= 0.6 is 0 Å². The van der Waals surface area contributed by atoms with E-state index >= 15 is 0 Å². The van der Waals surface area contributed by atoms with Crippen molar-refractivity contribution in [1.82, 2.24) is 19.7 Å². The molecule has 0 radical (unpaired) electrons. The van der Waals surface area contributed by atoms with Crippen LogP contribution in [0.2, 0.25) is 0 Å². The van der Waals surface area contributed by atoms with Crippen LogP contribution in [0.4, 0.5) is 5.69 Å². The molecular formula is C23H23N5O2. The van der Waals surface area contributed by atoms with Gasteiger partial charge in [-0.05, 0) is 42.2 Å². The molecule has 1 aromatic carbocycles. The lowest BCUT2D eigenvalue weighted by atomic mass is 9.73. The van der Waals surface area contributed by atoms with Gasteiger partial charge in [-0.2, -0.15) is 5.10 Å². The largest absolute Gasteiger partial charge is 0.334 e. The fraction of sp³-hybridized carbons (Fsp3) is 0.304. The summed E-state index contributed by atoms with van der Waals surface area (Å²) in [5.41, 5.74) is 2.91. The Kier molecular flexibility index (Phi) is 4.38. The number of hydrogen-bond donors (Lipinski definition) is 1. The van der Waals surface area contributed by atoms with E-state index in [1.165, 1.54) is 0 Å². The molecule has 2 amide bonds. The lowest BCUT2D eigenvalue weighted by Crippen LogP contribution is -2.42. The molecule has 1 fully saturated rings. The first-order valence-corrected chi connectivity index (χ1v) is 10.2. The number of benzene rings is 1. The maximum atomic E-state index is 13.3. The molecule has 7 heteroatoms. The third-order valence-electron chi connectivity index (χ3n) is 6.42. The highest BCUT2D eigenvalue weighted by molar-refractivity contribution is 6.07. The van der Waals surface area contributed by atoms with Gasteiger partial charge in [-0.1, -0.05) is 24.3 Å². The molecule has 5 rings (SSSR count). The van der Waals surface area contributed by atoms with Crippen molar-refractivity contribution in [3.8, 4) is 0 Å². The van der Waals surface area contributed by atoms with Crippen molar-refractivity contribution >= 4 is 17.5 Å². The van der Waals surface area contributed by atoms with Crippen molar-refractivity contribution in [2.75, 3.05) is 11.9 Å². The van der Waals surface area contributed by atoms with Gasteiger partial charge in [-0.3, -0.25) is 19.3 Å². The fourth-order valence-corrected chi connectivity index (χ4v) is 4.98. The van der Waals surface area contributed by atoms with Crippen LogP contribution in [0.25, 0.3) is 0 Å². The average Bonchev–Trinajstić information content (AvgIpc) is 3.44. The average molecular weight is 401 g/mol. The first kappa shape index (κ1) is 18.5. The molecule has 2 aliphatic rings. The number of nitrogens with zero attached hydrogens (tertiary/aromatic N) is 4. The molecule has 1 spiro atoms. The number of carbonyl (C=O) groups excluding carboxylic acids is 2. The zero-order valence-electron chi connectivity index (χ0n) is 16.8. The number of rotatable bonds is 4. The number of likely N-dealkylation sites (tertiary alicyclic amines) is 1. The third-order valence-corrected chi connectivity index (χ3v) is 6.42. The van der Waals surface area contributed by atoms with E-state index in [1.54, 1.807) is 23.3 Å². The zero-order chi connectivity index (χ0) is 20.7. The van der Waals surface area contributed by atoms with E-state index in [-0.39, 0.29) is 17.9 Å². The van der Waals surface area contributed by atoms with Crippen molar-refractivity contribution in [3.63, 3.8) is 0 Å². The molecule has 2 aliphatic heterocycles. The molecule has 152 valence electrons. The molecule has 0 aliphatic carbocycles. The van der Waals surface area contributed by atoms with Crippen LogP contribution in [0.15, 0.2) is 61.1 Å². The number of para-hydroxylation sites is 1. The number of aromatic nitrogens is 3. The Labute approximate surface area is 174 Å². The van der Waals surface area contributed by atoms with E-state index in [4.69, 9.17) is 0 Å². The highest BCUT2D eigenvalue weighted by atomic mass is 16.2. The first-order valence-electron chi connectivity index (χ1n) is 10.2. The minimum Gasteiger partial charge on any atom is -0.334 e. The summed E-state index contributed by atoms with van der Waals surface area (Å²) in [6.45, 7) is 0.533. The van der Waals surface area contributed by atoms with Crippen LogP contribution in [0.3, 0.4) is 0 Å². The van der Waals surface area contributed by atoms with E-state index in [0.717, 1.165) is 22.5 Å². The molecule has 4 heterocycles. The molecule has 2 atom stereocenters. The lowest BCUT2D eigenvalue weighted by molar-refractivity contribution is -0.133. The fourth-order valence-electron chi connectivity index (χ4n) is 4.98. The van der Waals surface area contributed by atoms with E-state index < -0.39 is 5.41 Å². The van der Waals surface area contributed by atoms with Gasteiger partial charge in [0.25, 0.3) is 0 Å². The second-order valence-corrected chi connectivity index (χ2v) is 7.94. The Balaban J connectivity index is 1.52. The number of aryl methyl sites for hydroxylation is 2. The molecule has 1 saturated heterocycles. The molecule has 2 unspecified atom stereocenters. The van der Waals surface area contributed by atoms with Crippen LogP contribution in [0.1, 0.15) is 35.7 Å². The maximum Gasteiger partial charge on any atom is 0.237 e. The summed E-state index contributed by atoms with van der Waals surface area (Å²) in [4.78, 5) is 32.8. The normalized spacial score (nSPS) is 22.4. The van der Waals surface area contributed by atoms with Gasteiger partial charge in [0.1, 0.15) is 5.41 Å². The SMILES string of the molecule is Cn1nccc1CCC(=O)N1CCC2(C(=O)Nc3ccccc32)C1c1cccnc1. The quantitative estimate of drug-likeness (QED) is 0.729. The highest BCUT2D eigenvalue weighted by Gasteiger charge is 2.59. The second-order valence-electron chi connectivity index (χ2n) is 7.94. The lowest BCUT2D eigenvalue weighted by Gasteiger charge is -2.34. The predicted molar refractivity (Wildman–Crippen MR) is 112 cm³/mol. The number of carbonyl (C=O) groups is 2. The predicted octanol–water partition coefficient (Wildman–Crippen LogP) is 2.61. The Hall–Kier alpha value is -3.48. The number of anilines is 1. The number of hydrogen-bond acceptors (Lipinski definition) is 4. The van der Waals surface area contributed by atoms with Crippen molar-refractivity contribution in [3.05, 3.63) is 77.9 Å². The summed E-state index contributed by atoms with van der Waals surface area (Å²) in [6.07, 6.45) is 6.79. The molecule has 3 aromatic rings. The molecule has 7 nitrogen and oxygen atoms in total. The van der Waals surface area contributed by atoms with Gasteiger partial charge in [-0.25, -0.2) is 0 Å². The number of pyridine rings is 1. The number of fused-ring (bicyclic) bond motifs is 2. The Morgan fingerprint density at radius 2 is 2.07 bits per heavy atom. The van der Waals surface area contributed by atoms with E-state index in [1.807, 2.05) is 54.4 Å². The first-order chi connectivity index (χ1) is 14.6. The molecular weight excluding hydrogens is 378 g/mol. The smallest absolute Gasteiger partial charge is 0.237 e. The van der Waals surface area contributed by atoms with Crippen LogP contribution in [-0.4, -0.2) is 38.0 Å². The molecule has 1 N–H and O–H groups in total. The van der Waals surface area contributed by atoms with Crippen LogP contribution in [-0.2, 0) is 28.5 Å². The van der Waals surface area contributed by atoms with Gasteiger partial charge in [0.2, 0.25) is 11.8 Å². The minimum absolute atomic E-state index is 0.0408. The van der Waals surface area contributed by atoms with Crippen molar-refractivity contribution in [2.45, 2.75) is 30.7 Å².